The van der Waals surface area contributed by atoms with E-state index in [4.69, 9.17) is 9.47 Å². The van der Waals surface area contributed by atoms with Crippen LogP contribution in [0.3, 0.4) is 0 Å². The van der Waals surface area contributed by atoms with Gasteiger partial charge in [-0.15, -0.1) is 0 Å². The van der Waals surface area contributed by atoms with Crippen LogP contribution in [0.25, 0.3) is 11.8 Å². The van der Waals surface area contributed by atoms with E-state index < -0.39 is 0 Å². The SMILES string of the molecule is COc1ccc(-n2c(C)cc(/C=C(\C#N)C(=O)N3CCN(C(=O)c4cccc(OC)c4)CC3)c2C)cc1. The fourth-order valence-corrected chi connectivity index (χ4v) is 4.58. The van der Waals surface area contributed by atoms with Crippen molar-refractivity contribution in [2.45, 2.75) is 13.8 Å². The molecule has 0 atom stereocenters. The monoisotopic (exact) mass is 498 g/mol. The summed E-state index contributed by atoms with van der Waals surface area (Å²) in [6.45, 7) is 5.46. The number of nitrogens with zero attached hydrogens (tertiary/aromatic N) is 4. The molecule has 0 saturated carbocycles. The quantitative estimate of drug-likeness (QED) is 0.379. The summed E-state index contributed by atoms with van der Waals surface area (Å²) < 4.78 is 12.5. The van der Waals surface area contributed by atoms with Gasteiger partial charge in [-0.2, -0.15) is 5.26 Å². The predicted molar refractivity (Wildman–Crippen MR) is 141 cm³/mol. The molecule has 8 nitrogen and oxygen atoms in total. The maximum atomic E-state index is 13.2. The number of nitriles is 1. The summed E-state index contributed by atoms with van der Waals surface area (Å²) >= 11 is 0. The highest BCUT2D eigenvalue weighted by Crippen LogP contribution is 2.25. The normalized spacial score (nSPS) is 13.8. The first-order valence-corrected chi connectivity index (χ1v) is 12.0. The lowest BCUT2D eigenvalue weighted by Gasteiger charge is -2.34. The molecule has 8 heteroatoms. The van der Waals surface area contributed by atoms with Crippen LogP contribution in [0.5, 0.6) is 11.5 Å². The third kappa shape index (κ3) is 5.36. The van der Waals surface area contributed by atoms with Crippen LogP contribution >= 0.6 is 0 Å². The van der Waals surface area contributed by atoms with Crippen molar-refractivity contribution >= 4 is 17.9 Å². The molecular formula is C29H30N4O4. The molecule has 2 amide bonds. The van der Waals surface area contributed by atoms with Crippen molar-refractivity contribution in [3.63, 3.8) is 0 Å². The molecule has 0 aliphatic carbocycles. The summed E-state index contributed by atoms with van der Waals surface area (Å²) in [6.07, 6.45) is 1.65. The number of aryl methyl sites for hydroxylation is 1. The zero-order valence-corrected chi connectivity index (χ0v) is 21.5. The first kappa shape index (κ1) is 25.6. The first-order valence-electron chi connectivity index (χ1n) is 12.0. The van der Waals surface area contributed by atoms with E-state index in [1.807, 2.05) is 44.2 Å². The molecule has 2 heterocycles. The summed E-state index contributed by atoms with van der Waals surface area (Å²) in [5, 5.41) is 9.81. The van der Waals surface area contributed by atoms with Crippen molar-refractivity contribution in [1.29, 1.82) is 5.26 Å². The summed E-state index contributed by atoms with van der Waals surface area (Å²) in [5.74, 6) is 0.960. The Morgan fingerprint density at radius 1 is 0.892 bits per heavy atom. The van der Waals surface area contributed by atoms with Gasteiger partial charge >= 0.3 is 0 Å². The van der Waals surface area contributed by atoms with Crippen LogP contribution in [0, 0.1) is 25.2 Å². The van der Waals surface area contributed by atoms with E-state index in [1.54, 1.807) is 54.4 Å². The topological polar surface area (TPSA) is 87.8 Å². The lowest BCUT2D eigenvalue weighted by molar-refractivity contribution is -0.128. The minimum Gasteiger partial charge on any atom is -0.497 e. The molecule has 1 aliphatic rings. The van der Waals surface area contributed by atoms with Crippen LogP contribution in [0.2, 0.25) is 0 Å². The lowest BCUT2D eigenvalue weighted by atomic mass is 10.1. The number of benzene rings is 2. The second-order valence-corrected chi connectivity index (χ2v) is 8.85. The smallest absolute Gasteiger partial charge is 0.264 e. The molecule has 1 saturated heterocycles. The molecule has 37 heavy (non-hydrogen) atoms. The van der Waals surface area contributed by atoms with Crippen molar-refractivity contribution in [2.75, 3.05) is 40.4 Å². The molecule has 190 valence electrons. The van der Waals surface area contributed by atoms with Crippen molar-refractivity contribution < 1.29 is 19.1 Å². The van der Waals surface area contributed by atoms with Crippen LogP contribution in [0.1, 0.15) is 27.3 Å². The lowest BCUT2D eigenvalue weighted by Crippen LogP contribution is -2.50. The number of hydrogen-bond donors (Lipinski definition) is 0. The molecule has 1 aromatic heterocycles. The molecule has 1 aliphatic heterocycles. The van der Waals surface area contributed by atoms with E-state index in [1.165, 1.54) is 0 Å². The zero-order valence-electron chi connectivity index (χ0n) is 21.5. The van der Waals surface area contributed by atoms with E-state index in [0.717, 1.165) is 28.4 Å². The van der Waals surface area contributed by atoms with Crippen LogP contribution in [-0.2, 0) is 4.79 Å². The Hall–Kier alpha value is -4.51. The number of aromatic nitrogens is 1. The van der Waals surface area contributed by atoms with E-state index in [0.29, 0.717) is 37.5 Å². The summed E-state index contributed by atoms with van der Waals surface area (Å²) in [5.41, 5.74) is 4.31. The molecule has 3 aromatic rings. The third-order valence-corrected chi connectivity index (χ3v) is 6.62. The summed E-state index contributed by atoms with van der Waals surface area (Å²) in [7, 11) is 3.19. The molecule has 4 rings (SSSR count). The fourth-order valence-electron chi connectivity index (χ4n) is 4.58. The molecule has 0 radical (unpaired) electrons. The third-order valence-electron chi connectivity index (χ3n) is 6.62. The van der Waals surface area contributed by atoms with Gasteiger partial charge in [0.25, 0.3) is 11.8 Å². The van der Waals surface area contributed by atoms with Gasteiger partial charge in [-0.25, -0.2) is 0 Å². The number of methoxy groups -OCH3 is 2. The number of ether oxygens (including phenoxy) is 2. The van der Waals surface area contributed by atoms with Gasteiger partial charge in [0, 0.05) is 48.8 Å². The number of amides is 2. The van der Waals surface area contributed by atoms with Gasteiger partial charge in [0.2, 0.25) is 0 Å². The number of piperazine rings is 1. The molecule has 1 fully saturated rings. The van der Waals surface area contributed by atoms with Crippen LogP contribution < -0.4 is 9.47 Å². The Morgan fingerprint density at radius 3 is 2.16 bits per heavy atom. The van der Waals surface area contributed by atoms with Crippen molar-refractivity contribution in [3.05, 3.63) is 82.7 Å². The van der Waals surface area contributed by atoms with Crippen molar-refractivity contribution in [1.82, 2.24) is 14.4 Å². The highest BCUT2D eigenvalue weighted by atomic mass is 16.5. The average Bonchev–Trinajstić information content (AvgIpc) is 3.23. The van der Waals surface area contributed by atoms with Gasteiger partial charge < -0.3 is 23.8 Å². The van der Waals surface area contributed by atoms with Gasteiger partial charge in [-0.3, -0.25) is 9.59 Å². The van der Waals surface area contributed by atoms with Gasteiger partial charge in [0.05, 0.1) is 14.2 Å². The highest BCUT2D eigenvalue weighted by molar-refractivity contribution is 6.02. The average molecular weight is 499 g/mol. The standard InChI is InChI=1S/C29H30N4O4/c1-20-16-23(21(2)33(20)25-8-10-26(36-3)11-9-25)17-24(19-30)29(35)32-14-12-31(13-15-32)28(34)22-6-5-7-27(18-22)37-4/h5-11,16-18H,12-15H2,1-4H3/b24-17+. The zero-order chi connectivity index (χ0) is 26.5. The minimum atomic E-state index is -0.328. The Morgan fingerprint density at radius 2 is 1.54 bits per heavy atom. The summed E-state index contributed by atoms with van der Waals surface area (Å²) in [4.78, 5) is 29.4. The van der Waals surface area contributed by atoms with Gasteiger partial charge in [0.1, 0.15) is 23.1 Å². The Bertz CT molecular complexity index is 1370. The minimum absolute atomic E-state index is 0.0718. The van der Waals surface area contributed by atoms with Gasteiger partial charge in [-0.1, -0.05) is 6.07 Å². The second kappa shape index (κ2) is 11.0. The van der Waals surface area contributed by atoms with E-state index >= 15 is 0 Å². The molecule has 0 unspecified atom stereocenters. The molecule has 0 spiro atoms. The van der Waals surface area contributed by atoms with Gasteiger partial charge in [0.15, 0.2) is 0 Å². The largest absolute Gasteiger partial charge is 0.497 e. The maximum Gasteiger partial charge on any atom is 0.264 e. The van der Waals surface area contributed by atoms with Crippen LogP contribution in [0.15, 0.2) is 60.2 Å². The molecular weight excluding hydrogens is 468 g/mol. The summed E-state index contributed by atoms with van der Waals surface area (Å²) in [6, 6.07) is 18.8. The number of carbonyl (C=O) groups excluding carboxylic acids is 2. The highest BCUT2D eigenvalue weighted by Gasteiger charge is 2.27. The number of hydrogen-bond acceptors (Lipinski definition) is 5. The fraction of sp³-hybridized carbons (Fsp3) is 0.276. The van der Waals surface area contributed by atoms with E-state index in [-0.39, 0.29) is 17.4 Å². The molecule has 2 aromatic carbocycles. The predicted octanol–water partition coefficient (Wildman–Crippen LogP) is 4.00. The second-order valence-electron chi connectivity index (χ2n) is 8.85. The maximum absolute atomic E-state index is 13.2. The first-order chi connectivity index (χ1) is 17.9. The van der Waals surface area contributed by atoms with Crippen LogP contribution in [-0.4, -0.2) is 66.6 Å². The molecule has 0 bridgehead atoms. The van der Waals surface area contributed by atoms with Crippen molar-refractivity contribution in [3.8, 4) is 23.3 Å². The number of rotatable bonds is 6. The Kier molecular flexibility index (Phi) is 7.63. The number of carbonyl (C=O) groups is 2. The van der Waals surface area contributed by atoms with E-state index in [9.17, 15) is 14.9 Å². The Balaban J connectivity index is 1.47. The van der Waals surface area contributed by atoms with Crippen LogP contribution in [0.4, 0.5) is 0 Å². The van der Waals surface area contributed by atoms with Crippen molar-refractivity contribution in [2.24, 2.45) is 0 Å². The van der Waals surface area contributed by atoms with E-state index in [2.05, 4.69) is 10.6 Å². The Labute approximate surface area is 216 Å². The van der Waals surface area contributed by atoms with Gasteiger partial charge in [-0.05, 0) is 74.0 Å². The molecule has 0 N–H and O–H groups in total.